The van der Waals surface area contributed by atoms with Crippen LogP contribution in [-0.4, -0.2) is 23.3 Å². The summed E-state index contributed by atoms with van der Waals surface area (Å²) in [6.45, 7) is 12.8. The van der Waals surface area contributed by atoms with Gasteiger partial charge in [-0.2, -0.15) is 0 Å². The molecule has 1 saturated heterocycles. The molecule has 0 aromatic carbocycles. The Morgan fingerprint density at radius 3 is 2.10 bits per heavy atom. The van der Waals surface area contributed by atoms with E-state index < -0.39 is 0 Å². The fourth-order valence-corrected chi connectivity index (χ4v) is 2.74. The van der Waals surface area contributed by atoms with E-state index in [9.17, 15) is 0 Å². The van der Waals surface area contributed by atoms with E-state index in [1.165, 1.54) is 24.0 Å². The molecular formula is C16H24BNO2. The monoisotopic (exact) mass is 273 g/mol. The van der Waals surface area contributed by atoms with Gasteiger partial charge < -0.3 is 9.31 Å². The maximum atomic E-state index is 6.09. The Balaban J connectivity index is 1.93. The molecule has 1 aromatic heterocycles. The van der Waals surface area contributed by atoms with E-state index in [-0.39, 0.29) is 18.3 Å². The Morgan fingerprint density at radius 1 is 1.05 bits per heavy atom. The van der Waals surface area contributed by atoms with Gasteiger partial charge in [0.05, 0.1) is 16.8 Å². The highest BCUT2D eigenvalue weighted by atomic mass is 16.7. The van der Waals surface area contributed by atoms with Gasteiger partial charge in [0, 0.05) is 6.20 Å². The molecule has 0 unspecified atom stereocenters. The fourth-order valence-electron chi connectivity index (χ4n) is 2.74. The molecule has 2 fully saturated rings. The molecule has 108 valence electrons. The number of pyridine rings is 1. The number of aryl methyl sites for hydroxylation is 1. The topological polar surface area (TPSA) is 31.4 Å². The Morgan fingerprint density at radius 2 is 1.60 bits per heavy atom. The van der Waals surface area contributed by atoms with Crippen LogP contribution >= 0.6 is 0 Å². The van der Waals surface area contributed by atoms with Crippen molar-refractivity contribution in [3.8, 4) is 0 Å². The molecule has 1 saturated carbocycles. The highest BCUT2D eigenvalue weighted by molar-refractivity contribution is 6.61. The second kappa shape index (κ2) is 4.08. The number of nitrogens with zero attached hydrogens (tertiary/aromatic N) is 1. The van der Waals surface area contributed by atoms with Crippen molar-refractivity contribution in [2.75, 3.05) is 0 Å². The third-order valence-corrected chi connectivity index (χ3v) is 5.27. The fraction of sp³-hybridized carbons (Fsp3) is 0.688. The normalized spacial score (nSPS) is 25.8. The number of hydrogen-bond acceptors (Lipinski definition) is 3. The van der Waals surface area contributed by atoms with Crippen LogP contribution in [0.4, 0.5) is 0 Å². The van der Waals surface area contributed by atoms with Gasteiger partial charge in [-0.05, 0) is 70.1 Å². The summed E-state index contributed by atoms with van der Waals surface area (Å²) in [5, 5.41) is 0. The van der Waals surface area contributed by atoms with Crippen molar-refractivity contribution in [1.29, 1.82) is 0 Å². The molecule has 0 spiro atoms. The van der Waals surface area contributed by atoms with Crippen molar-refractivity contribution in [2.24, 2.45) is 0 Å². The van der Waals surface area contributed by atoms with Crippen molar-refractivity contribution < 1.29 is 9.31 Å². The first-order valence-electron chi connectivity index (χ1n) is 7.47. The SMILES string of the molecule is Cc1cnc(B2OC(C)(C)C(C)(C)O2)cc1C1(C)CC1. The van der Waals surface area contributed by atoms with Gasteiger partial charge in [0.1, 0.15) is 0 Å². The lowest BCUT2D eigenvalue weighted by atomic mass is 9.81. The van der Waals surface area contributed by atoms with Gasteiger partial charge in [0.2, 0.25) is 0 Å². The van der Waals surface area contributed by atoms with E-state index >= 15 is 0 Å². The minimum absolute atomic E-state index is 0.312. The minimum Gasteiger partial charge on any atom is -0.398 e. The number of aromatic nitrogens is 1. The van der Waals surface area contributed by atoms with Crippen LogP contribution in [0.5, 0.6) is 0 Å². The van der Waals surface area contributed by atoms with Crippen LogP contribution in [-0.2, 0) is 14.7 Å². The first-order valence-corrected chi connectivity index (χ1v) is 7.47. The van der Waals surface area contributed by atoms with Gasteiger partial charge in [-0.3, -0.25) is 4.98 Å². The van der Waals surface area contributed by atoms with Gasteiger partial charge >= 0.3 is 7.12 Å². The zero-order valence-corrected chi connectivity index (χ0v) is 13.4. The average molecular weight is 273 g/mol. The molecule has 2 aliphatic rings. The molecule has 0 amide bonds. The first-order chi connectivity index (χ1) is 9.15. The number of hydrogen-bond donors (Lipinski definition) is 0. The number of rotatable bonds is 2. The molecule has 1 aromatic rings. The Bertz CT molecular complexity index is 533. The smallest absolute Gasteiger partial charge is 0.398 e. The Hall–Kier alpha value is -0.865. The molecule has 0 atom stereocenters. The van der Waals surface area contributed by atoms with Crippen LogP contribution in [0.1, 0.15) is 58.6 Å². The molecular weight excluding hydrogens is 249 g/mol. The summed E-state index contributed by atoms with van der Waals surface area (Å²) in [6.07, 6.45) is 4.49. The summed E-state index contributed by atoms with van der Waals surface area (Å²) in [5.41, 5.74) is 3.28. The summed E-state index contributed by atoms with van der Waals surface area (Å²) in [4.78, 5) is 4.54. The molecule has 0 N–H and O–H groups in total. The van der Waals surface area contributed by atoms with Gasteiger partial charge in [0.25, 0.3) is 0 Å². The Labute approximate surface area is 122 Å². The van der Waals surface area contributed by atoms with Crippen molar-refractivity contribution in [2.45, 2.75) is 71.0 Å². The van der Waals surface area contributed by atoms with Crippen molar-refractivity contribution in [3.05, 3.63) is 23.4 Å². The molecule has 4 heteroatoms. The molecule has 3 rings (SSSR count). The summed E-state index contributed by atoms with van der Waals surface area (Å²) < 4.78 is 12.2. The van der Waals surface area contributed by atoms with Crippen LogP contribution < -0.4 is 5.59 Å². The van der Waals surface area contributed by atoms with E-state index in [1.54, 1.807) is 0 Å². The maximum absolute atomic E-state index is 6.09. The lowest BCUT2D eigenvalue weighted by Gasteiger charge is -2.32. The van der Waals surface area contributed by atoms with E-state index in [1.807, 2.05) is 6.20 Å². The molecule has 1 aliphatic heterocycles. The van der Waals surface area contributed by atoms with Crippen LogP contribution in [0, 0.1) is 6.92 Å². The van der Waals surface area contributed by atoms with E-state index in [0.29, 0.717) is 5.41 Å². The lowest BCUT2D eigenvalue weighted by molar-refractivity contribution is 0.00578. The predicted molar refractivity (Wildman–Crippen MR) is 81.3 cm³/mol. The first kappa shape index (κ1) is 14.1. The summed E-state index contributed by atoms with van der Waals surface area (Å²) in [5.74, 6) is 0. The lowest BCUT2D eigenvalue weighted by Crippen LogP contribution is -2.41. The second-order valence-electron chi connectivity index (χ2n) is 7.57. The molecule has 3 nitrogen and oxygen atoms in total. The van der Waals surface area contributed by atoms with Crippen LogP contribution in [0.15, 0.2) is 12.3 Å². The van der Waals surface area contributed by atoms with E-state index in [2.05, 4.69) is 52.6 Å². The molecule has 20 heavy (non-hydrogen) atoms. The zero-order valence-electron chi connectivity index (χ0n) is 13.4. The largest absolute Gasteiger partial charge is 0.514 e. The zero-order chi connectivity index (χ0) is 14.8. The van der Waals surface area contributed by atoms with Gasteiger partial charge in [-0.15, -0.1) is 0 Å². The van der Waals surface area contributed by atoms with Crippen LogP contribution in [0.3, 0.4) is 0 Å². The van der Waals surface area contributed by atoms with Gasteiger partial charge in [0.15, 0.2) is 0 Å². The minimum atomic E-state index is -0.360. The van der Waals surface area contributed by atoms with Gasteiger partial charge in [-0.1, -0.05) is 6.92 Å². The highest BCUT2D eigenvalue weighted by Gasteiger charge is 2.52. The third kappa shape index (κ3) is 2.10. The standard InChI is InChI=1S/C16H24BNO2/c1-11-10-18-13(9-12(11)16(6)7-8-16)17-19-14(2,3)15(4,5)20-17/h9-10H,7-8H2,1-6H3. The van der Waals surface area contributed by atoms with E-state index in [4.69, 9.17) is 9.31 Å². The van der Waals surface area contributed by atoms with Crippen molar-refractivity contribution >= 4 is 12.7 Å². The maximum Gasteiger partial charge on any atom is 0.514 e. The summed E-state index contributed by atoms with van der Waals surface area (Å²) >= 11 is 0. The summed E-state index contributed by atoms with van der Waals surface area (Å²) in [7, 11) is -0.360. The predicted octanol–water partition coefficient (Wildman–Crippen LogP) is 2.74. The second-order valence-corrected chi connectivity index (χ2v) is 7.57. The highest BCUT2D eigenvalue weighted by Crippen LogP contribution is 2.48. The molecule has 0 radical (unpaired) electrons. The quantitative estimate of drug-likeness (QED) is 0.776. The molecule has 0 bridgehead atoms. The van der Waals surface area contributed by atoms with Gasteiger partial charge in [-0.25, -0.2) is 0 Å². The van der Waals surface area contributed by atoms with Crippen LogP contribution in [0.2, 0.25) is 0 Å². The van der Waals surface area contributed by atoms with Crippen LogP contribution in [0.25, 0.3) is 0 Å². The Kier molecular flexibility index (Phi) is 2.87. The van der Waals surface area contributed by atoms with E-state index in [0.717, 1.165) is 5.59 Å². The van der Waals surface area contributed by atoms with Crippen molar-refractivity contribution in [3.63, 3.8) is 0 Å². The molecule has 2 heterocycles. The average Bonchev–Trinajstić information content (AvgIpc) is 3.02. The molecule has 1 aliphatic carbocycles. The third-order valence-electron chi connectivity index (χ3n) is 5.27. The van der Waals surface area contributed by atoms with Crippen molar-refractivity contribution in [1.82, 2.24) is 4.98 Å². The summed E-state index contributed by atoms with van der Waals surface area (Å²) in [6, 6.07) is 2.18.